The van der Waals surface area contributed by atoms with E-state index in [4.69, 9.17) is 5.73 Å². The Hall–Kier alpha value is -3.55. The van der Waals surface area contributed by atoms with Gasteiger partial charge in [-0.1, -0.05) is 19.4 Å². The molecule has 150 valence electrons. The molecule has 29 heavy (non-hydrogen) atoms. The number of aromatic nitrogens is 4. The molecule has 3 N–H and O–H groups in total. The topological polar surface area (TPSA) is 116 Å². The van der Waals surface area contributed by atoms with Crippen LogP contribution in [0.1, 0.15) is 48.3 Å². The maximum absolute atomic E-state index is 12.1. The van der Waals surface area contributed by atoms with E-state index in [0.29, 0.717) is 18.7 Å². The molecule has 8 nitrogen and oxygen atoms in total. The molecule has 3 aromatic rings. The lowest BCUT2D eigenvalue weighted by molar-refractivity contribution is -0.119. The Kier molecular flexibility index (Phi) is 6.33. The second-order valence-electron chi connectivity index (χ2n) is 6.73. The van der Waals surface area contributed by atoms with Gasteiger partial charge < -0.3 is 11.1 Å². The van der Waals surface area contributed by atoms with Crippen LogP contribution in [0.3, 0.4) is 0 Å². The minimum absolute atomic E-state index is 0.100. The Balaban J connectivity index is 2.11. The van der Waals surface area contributed by atoms with Gasteiger partial charge in [0.2, 0.25) is 5.91 Å². The minimum Gasteiger partial charge on any atom is -0.364 e. The average Bonchev–Trinajstić information content (AvgIpc) is 3.11. The first kappa shape index (κ1) is 20.2. The third-order valence-electron chi connectivity index (χ3n) is 4.50. The lowest BCUT2D eigenvalue weighted by atomic mass is 10.0. The van der Waals surface area contributed by atoms with Crippen molar-refractivity contribution in [3.63, 3.8) is 0 Å². The summed E-state index contributed by atoms with van der Waals surface area (Å²) in [6, 6.07) is 7.43. The molecule has 3 heterocycles. The van der Waals surface area contributed by atoms with E-state index < -0.39 is 5.91 Å². The molecule has 0 saturated carbocycles. The molecule has 3 rings (SSSR count). The monoisotopic (exact) mass is 392 g/mol. The number of nitrogens with two attached hydrogens (primary N) is 1. The quantitative estimate of drug-likeness (QED) is 0.611. The Bertz CT molecular complexity index is 996. The van der Waals surface area contributed by atoms with Crippen molar-refractivity contribution in [1.29, 1.82) is 0 Å². The van der Waals surface area contributed by atoms with E-state index in [0.717, 1.165) is 35.3 Å². The van der Waals surface area contributed by atoms with Crippen molar-refractivity contribution in [3.8, 4) is 17.1 Å². The maximum Gasteiger partial charge on any atom is 0.269 e. The zero-order chi connectivity index (χ0) is 20.8. The number of hydrogen-bond acceptors (Lipinski definition) is 5. The van der Waals surface area contributed by atoms with E-state index in [1.54, 1.807) is 29.3 Å². The molecule has 3 aromatic heterocycles. The van der Waals surface area contributed by atoms with E-state index in [-0.39, 0.29) is 11.6 Å². The molecule has 0 fully saturated rings. The van der Waals surface area contributed by atoms with Crippen molar-refractivity contribution in [2.75, 3.05) is 0 Å². The van der Waals surface area contributed by atoms with Crippen molar-refractivity contribution in [3.05, 3.63) is 59.7 Å². The molecule has 0 atom stereocenters. The first-order chi connectivity index (χ1) is 14.0. The van der Waals surface area contributed by atoms with E-state index in [9.17, 15) is 9.59 Å². The van der Waals surface area contributed by atoms with E-state index >= 15 is 0 Å². The fourth-order valence-electron chi connectivity index (χ4n) is 3.06. The maximum atomic E-state index is 12.1. The zero-order valence-corrected chi connectivity index (χ0v) is 16.6. The number of hydrogen-bond donors (Lipinski definition) is 2. The van der Waals surface area contributed by atoms with Gasteiger partial charge >= 0.3 is 0 Å². The predicted molar refractivity (Wildman–Crippen MR) is 109 cm³/mol. The van der Waals surface area contributed by atoms with Gasteiger partial charge in [0.15, 0.2) is 5.69 Å². The van der Waals surface area contributed by atoms with Crippen LogP contribution in [0.15, 0.2) is 42.9 Å². The molecule has 0 saturated heterocycles. The largest absolute Gasteiger partial charge is 0.364 e. The highest BCUT2D eigenvalue weighted by atomic mass is 16.1. The van der Waals surface area contributed by atoms with Gasteiger partial charge in [-0.25, -0.2) is 4.68 Å². The van der Waals surface area contributed by atoms with Crippen LogP contribution in [0, 0.1) is 0 Å². The molecule has 0 aromatic carbocycles. The second-order valence-corrected chi connectivity index (χ2v) is 6.73. The zero-order valence-electron chi connectivity index (χ0n) is 16.6. The normalized spacial score (nSPS) is 10.7. The van der Waals surface area contributed by atoms with Crippen molar-refractivity contribution < 1.29 is 9.59 Å². The fourth-order valence-corrected chi connectivity index (χ4v) is 3.06. The molecule has 0 radical (unpaired) electrons. The molecule has 0 aliphatic rings. The Labute approximate surface area is 169 Å². The van der Waals surface area contributed by atoms with Gasteiger partial charge in [0, 0.05) is 31.4 Å². The molecule has 0 aliphatic carbocycles. The van der Waals surface area contributed by atoms with Crippen LogP contribution in [0.5, 0.6) is 0 Å². The highest BCUT2D eigenvalue weighted by Gasteiger charge is 2.24. The lowest BCUT2D eigenvalue weighted by Gasteiger charge is -2.10. The standard InChI is InChI=1S/C21H24N6O2/c1-3-4-7-17-19(21(22)29)26-27(16-6-5-10-23-13-16)20(17)18-9-8-15(12-25-18)11-24-14(2)28/h5-6,8-10,12-13H,3-4,7,11H2,1-2H3,(H2,22,29)(H,24,28). The Morgan fingerprint density at radius 2 is 2.03 bits per heavy atom. The predicted octanol–water partition coefficient (Wildman–Crippen LogP) is 2.41. The number of nitrogens with zero attached hydrogens (tertiary/aromatic N) is 4. The van der Waals surface area contributed by atoms with Crippen LogP contribution >= 0.6 is 0 Å². The number of unbranched alkanes of at least 4 members (excludes halogenated alkanes) is 1. The highest BCUT2D eigenvalue weighted by molar-refractivity contribution is 5.94. The first-order valence-corrected chi connectivity index (χ1v) is 9.53. The fraction of sp³-hybridized carbons (Fsp3) is 0.286. The van der Waals surface area contributed by atoms with Crippen molar-refractivity contribution in [2.45, 2.75) is 39.7 Å². The summed E-state index contributed by atoms with van der Waals surface area (Å²) >= 11 is 0. The summed E-state index contributed by atoms with van der Waals surface area (Å²) in [6.45, 7) is 3.96. The molecule has 0 spiro atoms. The number of carbonyl (C=O) groups is 2. The summed E-state index contributed by atoms with van der Waals surface area (Å²) in [5.74, 6) is -0.668. The Morgan fingerprint density at radius 3 is 2.62 bits per heavy atom. The van der Waals surface area contributed by atoms with Crippen molar-refractivity contribution in [2.24, 2.45) is 5.73 Å². The summed E-state index contributed by atoms with van der Waals surface area (Å²) in [5.41, 5.74) is 9.66. The van der Waals surface area contributed by atoms with Gasteiger partial charge in [0.1, 0.15) is 0 Å². The molecule has 0 aliphatic heterocycles. The van der Waals surface area contributed by atoms with Gasteiger partial charge in [-0.3, -0.25) is 19.6 Å². The SMILES string of the molecule is CCCCc1c(C(N)=O)nn(-c2cccnc2)c1-c1ccc(CNC(C)=O)cn1. The van der Waals surface area contributed by atoms with Crippen LogP contribution in [-0.4, -0.2) is 31.6 Å². The van der Waals surface area contributed by atoms with E-state index in [2.05, 4.69) is 27.3 Å². The molecule has 0 unspecified atom stereocenters. The van der Waals surface area contributed by atoms with Crippen LogP contribution in [0.4, 0.5) is 0 Å². The number of pyridine rings is 2. The average molecular weight is 392 g/mol. The van der Waals surface area contributed by atoms with Gasteiger partial charge in [-0.2, -0.15) is 5.10 Å². The van der Waals surface area contributed by atoms with Crippen molar-refractivity contribution >= 4 is 11.8 Å². The minimum atomic E-state index is -0.567. The molecule has 8 heteroatoms. The number of carbonyl (C=O) groups excluding carboxylic acids is 2. The Morgan fingerprint density at radius 1 is 1.21 bits per heavy atom. The first-order valence-electron chi connectivity index (χ1n) is 9.53. The van der Waals surface area contributed by atoms with E-state index in [1.165, 1.54) is 6.92 Å². The van der Waals surface area contributed by atoms with E-state index in [1.807, 2.05) is 18.2 Å². The van der Waals surface area contributed by atoms with Crippen molar-refractivity contribution in [1.82, 2.24) is 25.1 Å². The van der Waals surface area contributed by atoms with Crippen LogP contribution in [0.2, 0.25) is 0 Å². The van der Waals surface area contributed by atoms with Gasteiger partial charge in [0.25, 0.3) is 5.91 Å². The van der Waals surface area contributed by atoms with Gasteiger partial charge in [-0.15, -0.1) is 0 Å². The lowest BCUT2D eigenvalue weighted by Crippen LogP contribution is -2.18. The molecular weight excluding hydrogens is 368 g/mol. The van der Waals surface area contributed by atoms with Crippen LogP contribution < -0.4 is 11.1 Å². The summed E-state index contributed by atoms with van der Waals surface area (Å²) in [6.07, 6.45) is 7.59. The third kappa shape index (κ3) is 4.66. The van der Waals surface area contributed by atoms with Crippen LogP contribution in [-0.2, 0) is 17.8 Å². The highest BCUT2D eigenvalue weighted by Crippen LogP contribution is 2.29. The summed E-state index contributed by atoms with van der Waals surface area (Å²) in [5, 5.41) is 7.25. The molecule has 0 bridgehead atoms. The number of primary amides is 1. The molecular formula is C21H24N6O2. The van der Waals surface area contributed by atoms with Crippen LogP contribution in [0.25, 0.3) is 17.1 Å². The molecule has 2 amide bonds. The number of nitrogens with one attached hydrogen (secondary N) is 1. The smallest absolute Gasteiger partial charge is 0.269 e. The second kappa shape index (κ2) is 9.09. The summed E-state index contributed by atoms with van der Waals surface area (Å²) in [7, 11) is 0. The summed E-state index contributed by atoms with van der Waals surface area (Å²) in [4.78, 5) is 31.9. The number of rotatable bonds is 8. The third-order valence-corrected chi connectivity index (χ3v) is 4.50. The van der Waals surface area contributed by atoms with Gasteiger partial charge in [0.05, 0.1) is 23.3 Å². The summed E-state index contributed by atoms with van der Waals surface area (Å²) < 4.78 is 1.67. The van der Waals surface area contributed by atoms with Gasteiger partial charge in [-0.05, 0) is 36.6 Å². The number of amides is 2.